The highest BCUT2D eigenvalue weighted by Crippen LogP contribution is 2.15. The van der Waals surface area contributed by atoms with E-state index in [1.807, 2.05) is 30.3 Å². The van der Waals surface area contributed by atoms with Gasteiger partial charge in [0.05, 0.1) is 26.0 Å². The number of hydrogen-bond acceptors (Lipinski definition) is 3. The van der Waals surface area contributed by atoms with Crippen molar-refractivity contribution in [2.75, 3.05) is 6.54 Å². The van der Waals surface area contributed by atoms with Crippen LogP contribution in [-0.4, -0.2) is 6.54 Å². The molecule has 1 N–H and O–H groups in total. The normalized spacial score (nSPS) is 10.8. The van der Waals surface area contributed by atoms with Gasteiger partial charge in [-0.05, 0) is 30.3 Å². The summed E-state index contributed by atoms with van der Waals surface area (Å²) < 4.78 is 11.1. The van der Waals surface area contributed by atoms with Crippen molar-refractivity contribution in [2.45, 2.75) is 26.7 Å². The van der Waals surface area contributed by atoms with Gasteiger partial charge < -0.3 is 14.5 Å². The van der Waals surface area contributed by atoms with E-state index in [1.165, 1.54) is 0 Å². The van der Waals surface area contributed by atoms with Gasteiger partial charge in [-0.3, -0.25) is 0 Å². The quantitative estimate of drug-likeness (QED) is 0.838. The summed E-state index contributed by atoms with van der Waals surface area (Å²) in [6.07, 6.45) is 1.70. The van der Waals surface area contributed by atoms with Gasteiger partial charge in [-0.15, -0.1) is 0 Å². The standard InChI is InChI=1S/C15H18ClNO2/c1-2-17-9-15-13(6-7-19-15)11-18-10-12-4-3-5-14(16)8-12/h3-8,17H,2,9-11H2,1H3. The molecule has 0 amide bonds. The Labute approximate surface area is 118 Å². The van der Waals surface area contributed by atoms with E-state index in [2.05, 4.69) is 12.2 Å². The molecule has 0 radical (unpaired) electrons. The van der Waals surface area contributed by atoms with E-state index < -0.39 is 0 Å². The van der Waals surface area contributed by atoms with Gasteiger partial charge in [0.25, 0.3) is 0 Å². The zero-order valence-electron chi connectivity index (χ0n) is 11.0. The lowest BCUT2D eigenvalue weighted by molar-refractivity contribution is 0.106. The lowest BCUT2D eigenvalue weighted by atomic mass is 10.2. The number of rotatable bonds is 7. The molecule has 0 unspecified atom stereocenters. The molecule has 2 rings (SSSR count). The second-order valence-electron chi connectivity index (χ2n) is 4.27. The van der Waals surface area contributed by atoms with Crippen molar-refractivity contribution in [2.24, 2.45) is 0 Å². The Kier molecular flexibility index (Phi) is 5.45. The van der Waals surface area contributed by atoms with Crippen molar-refractivity contribution in [1.82, 2.24) is 5.32 Å². The molecule has 0 aliphatic carbocycles. The molecule has 1 aromatic carbocycles. The molecule has 3 nitrogen and oxygen atoms in total. The van der Waals surface area contributed by atoms with Crippen LogP contribution in [0.4, 0.5) is 0 Å². The maximum Gasteiger partial charge on any atom is 0.123 e. The highest BCUT2D eigenvalue weighted by Gasteiger charge is 2.05. The Balaban J connectivity index is 1.84. The number of hydrogen-bond donors (Lipinski definition) is 1. The Morgan fingerprint density at radius 2 is 2.16 bits per heavy atom. The van der Waals surface area contributed by atoms with E-state index in [1.54, 1.807) is 6.26 Å². The first-order valence-corrected chi connectivity index (χ1v) is 6.75. The molecular weight excluding hydrogens is 262 g/mol. The average molecular weight is 280 g/mol. The number of ether oxygens (including phenoxy) is 1. The van der Waals surface area contributed by atoms with Gasteiger partial charge in [0.1, 0.15) is 5.76 Å². The van der Waals surface area contributed by atoms with Gasteiger partial charge in [-0.25, -0.2) is 0 Å². The van der Waals surface area contributed by atoms with Crippen molar-refractivity contribution in [1.29, 1.82) is 0 Å². The van der Waals surface area contributed by atoms with Gasteiger partial charge in [-0.2, -0.15) is 0 Å². The minimum Gasteiger partial charge on any atom is -0.468 e. The maximum absolute atomic E-state index is 5.93. The van der Waals surface area contributed by atoms with Crippen LogP contribution in [0.15, 0.2) is 41.0 Å². The first-order chi connectivity index (χ1) is 9.29. The van der Waals surface area contributed by atoms with Crippen LogP contribution in [0.25, 0.3) is 0 Å². The molecule has 0 aliphatic rings. The molecule has 19 heavy (non-hydrogen) atoms. The number of nitrogens with one attached hydrogen (secondary N) is 1. The molecule has 2 aromatic rings. The highest BCUT2D eigenvalue weighted by molar-refractivity contribution is 6.30. The summed E-state index contributed by atoms with van der Waals surface area (Å²) in [5.41, 5.74) is 2.16. The first-order valence-electron chi connectivity index (χ1n) is 6.37. The van der Waals surface area contributed by atoms with Crippen molar-refractivity contribution < 1.29 is 9.15 Å². The Hall–Kier alpha value is -1.29. The summed E-state index contributed by atoms with van der Waals surface area (Å²) in [5.74, 6) is 0.938. The Morgan fingerprint density at radius 3 is 2.95 bits per heavy atom. The smallest absolute Gasteiger partial charge is 0.123 e. The molecule has 0 saturated carbocycles. The van der Waals surface area contributed by atoms with Crippen molar-refractivity contribution in [3.8, 4) is 0 Å². The van der Waals surface area contributed by atoms with E-state index in [9.17, 15) is 0 Å². The molecule has 102 valence electrons. The molecule has 0 saturated heterocycles. The van der Waals surface area contributed by atoms with Gasteiger partial charge in [-0.1, -0.05) is 30.7 Å². The monoisotopic (exact) mass is 279 g/mol. The summed E-state index contributed by atoms with van der Waals surface area (Å²) in [7, 11) is 0. The fourth-order valence-corrected chi connectivity index (χ4v) is 2.01. The van der Waals surface area contributed by atoms with Crippen LogP contribution in [0.5, 0.6) is 0 Å². The van der Waals surface area contributed by atoms with Crippen LogP contribution in [0, 0.1) is 0 Å². The predicted octanol–water partition coefficient (Wildman–Crippen LogP) is 3.76. The van der Waals surface area contributed by atoms with E-state index in [-0.39, 0.29) is 0 Å². The van der Waals surface area contributed by atoms with Crippen molar-refractivity contribution >= 4 is 11.6 Å². The lowest BCUT2D eigenvalue weighted by Gasteiger charge is -2.06. The maximum atomic E-state index is 5.93. The van der Waals surface area contributed by atoms with Gasteiger partial charge in [0, 0.05) is 10.6 Å². The summed E-state index contributed by atoms with van der Waals surface area (Å²) in [4.78, 5) is 0. The lowest BCUT2D eigenvalue weighted by Crippen LogP contribution is -2.12. The van der Waals surface area contributed by atoms with E-state index in [0.717, 1.165) is 35.0 Å². The SMILES string of the molecule is CCNCc1occc1COCc1cccc(Cl)c1. The fourth-order valence-electron chi connectivity index (χ4n) is 1.79. The van der Waals surface area contributed by atoms with E-state index in [0.29, 0.717) is 13.2 Å². The number of benzene rings is 1. The molecule has 0 aliphatic heterocycles. The molecule has 0 spiro atoms. The first kappa shape index (κ1) is 14.1. The average Bonchev–Trinajstić information content (AvgIpc) is 2.84. The third-order valence-corrected chi connectivity index (χ3v) is 3.02. The number of furan rings is 1. The molecule has 0 atom stereocenters. The minimum atomic E-state index is 0.545. The van der Waals surface area contributed by atoms with Crippen LogP contribution in [0.1, 0.15) is 23.8 Å². The molecule has 1 heterocycles. The third kappa shape index (κ3) is 4.39. The molecular formula is C15H18ClNO2. The molecule has 1 aromatic heterocycles. The van der Waals surface area contributed by atoms with Crippen molar-refractivity contribution in [3.63, 3.8) is 0 Å². The van der Waals surface area contributed by atoms with Crippen LogP contribution in [0.3, 0.4) is 0 Å². The zero-order chi connectivity index (χ0) is 13.5. The Morgan fingerprint density at radius 1 is 1.26 bits per heavy atom. The van der Waals surface area contributed by atoms with Crippen LogP contribution in [-0.2, 0) is 24.5 Å². The summed E-state index contributed by atoms with van der Waals surface area (Å²) in [6, 6.07) is 9.65. The minimum absolute atomic E-state index is 0.545. The predicted molar refractivity (Wildman–Crippen MR) is 76.0 cm³/mol. The zero-order valence-corrected chi connectivity index (χ0v) is 11.7. The van der Waals surface area contributed by atoms with Gasteiger partial charge in [0.15, 0.2) is 0 Å². The van der Waals surface area contributed by atoms with Crippen LogP contribution >= 0.6 is 11.6 Å². The highest BCUT2D eigenvalue weighted by atomic mass is 35.5. The summed E-state index contributed by atoms with van der Waals surface area (Å²) in [5, 5.41) is 3.97. The van der Waals surface area contributed by atoms with Crippen LogP contribution < -0.4 is 5.32 Å². The van der Waals surface area contributed by atoms with E-state index in [4.69, 9.17) is 20.8 Å². The second-order valence-corrected chi connectivity index (χ2v) is 4.71. The fraction of sp³-hybridized carbons (Fsp3) is 0.333. The molecule has 0 fully saturated rings. The molecule has 0 bridgehead atoms. The second kappa shape index (κ2) is 7.34. The van der Waals surface area contributed by atoms with Gasteiger partial charge >= 0.3 is 0 Å². The summed E-state index contributed by atoms with van der Waals surface area (Å²) >= 11 is 5.93. The summed E-state index contributed by atoms with van der Waals surface area (Å²) in [6.45, 7) is 4.82. The third-order valence-electron chi connectivity index (χ3n) is 2.79. The van der Waals surface area contributed by atoms with Crippen LogP contribution in [0.2, 0.25) is 5.02 Å². The van der Waals surface area contributed by atoms with Crippen molar-refractivity contribution in [3.05, 3.63) is 58.5 Å². The van der Waals surface area contributed by atoms with Gasteiger partial charge in [0.2, 0.25) is 0 Å². The Bertz CT molecular complexity index is 510. The topological polar surface area (TPSA) is 34.4 Å². The molecule has 4 heteroatoms. The number of halogens is 1. The largest absolute Gasteiger partial charge is 0.468 e. The van der Waals surface area contributed by atoms with E-state index >= 15 is 0 Å².